The van der Waals surface area contributed by atoms with Crippen LogP contribution in [0.25, 0.3) is 0 Å². The molecule has 2 aromatic rings. The van der Waals surface area contributed by atoms with E-state index in [1.54, 1.807) is 0 Å². The van der Waals surface area contributed by atoms with Gasteiger partial charge >= 0.3 is 0 Å². The number of hydrogen-bond acceptors (Lipinski definition) is 2. The Bertz CT molecular complexity index is 603. The van der Waals surface area contributed by atoms with Crippen LogP contribution in [0, 0.1) is 13.8 Å². The zero-order valence-electron chi connectivity index (χ0n) is 12.2. The molecule has 0 fully saturated rings. The van der Waals surface area contributed by atoms with Crippen molar-refractivity contribution in [3.63, 3.8) is 0 Å². The van der Waals surface area contributed by atoms with Crippen molar-refractivity contribution >= 4 is 17.3 Å². The van der Waals surface area contributed by atoms with Gasteiger partial charge < -0.3 is 10.6 Å². The minimum absolute atomic E-state index is 0.0833. The van der Waals surface area contributed by atoms with Crippen LogP contribution in [0.2, 0.25) is 0 Å². The van der Waals surface area contributed by atoms with E-state index < -0.39 is 0 Å². The Labute approximate surface area is 120 Å². The molecule has 0 aromatic heterocycles. The molecule has 0 aliphatic carbocycles. The van der Waals surface area contributed by atoms with Gasteiger partial charge in [0.25, 0.3) is 5.91 Å². The average molecular weight is 268 g/mol. The Kier molecular flexibility index (Phi) is 4.41. The third-order valence-corrected chi connectivity index (χ3v) is 3.17. The van der Waals surface area contributed by atoms with Crippen molar-refractivity contribution in [1.29, 1.82) is 0 Å². The quantitative estimate of drug-likeness (QED) is 0.880. The molecule has 2 N–H and O–H groups in total. The van der Waals surface area contributed by atoms with Crippen LogP contribution >= 0.6 is 0 Å². The van der Waals surface area contributed by atoms with Crippen molar-refractivity contribution in [3.05, 3.63) is 59.2 Å². The average Bonchev–Trinajstić information content (AvgIpc) is 2.44. The summed E-state index contributed by atoms with van der Waals surface area (Å²) < 4.78 is 0. The summed E-state index contributed by atoms with van der Waals surface area (Å²) in [6.07, 6.45) is 0. The second kappa shape index (κ2) is 6.24. The first-order valence-electron chi connectivity index (χ1n) is 6.82. The standard InChI is InChI=1S/C17H20N2O/c1-4-18-16-10-7-14(11-13(16)3)17(20)19-15-8-5-12(2)6-9-15/h5-11,18H,4H2,1-3H3,(H,19,20). The van der Waals surface area contributed by atoms with Gasteiger partial charge in [-0.2, -0.15) is 0 Å². The number of anilines is 2. The molecule has 0 unspecified atom stereocenters. The van der Waals surface area contributed by atoms with Gasteiger partial charge in [0.1, 0.15) is 0 Å². The molecule has 0 atom stereocenters. The van der Waals surface area contributed by atoms with Crippen LogP contribution in [0.1, 0.15) is 28.4 Å². The normalized spacial score (nSPS) is 10.2. The summed E-state index contributed by atoms with van der Waals surface area (Å²) in [6, 6.07) is 13.5. The predicted molar refractivity (Wildman–Crippen MR) is 84.5 cm³/mol. The molecule has 3 heteroatoms. The molecule has 0 aliphatic rings. The third kappa shape index (κ3) is 3.38. The summed E-state index contributed by atoms with van der Waals surface area (Å²) in [5.74, 6) is -0.0833. The van der Waals surface area contributed by atoms with E-state index in [0.29, 0.717) is 5.56 Å². The zero-order valence-corrected chi connectivity index (χ0v) is 12.2. The SMILES string of the molecule is CCNc1ccc(C(=O)Nc2ccc(C)cc2)cc1C. The molecule has 104 valence electrons. The van der Waals surface area contributed by atoms with Gasteiger partial charge in [0.15, 0.2) is 0 Å². The van der Waals surface area contributed by atoms with E-state index >= 15 is 0 Å². The molecular weight excluding hydrogens is 248 g/mol. The van der Waals surface area contributed by atoms with Crippen LogP contribution < -0.4 is 10.6 Å². The van der Waals surface area contributed by atoms with Crippen LogP contribution in [-0.2, 0) is 0 Å². The van der Waals surface area contributed by atoms with Crippen molar-refractivity contribution in [1.82, 2.24) is 0 Å². The summed E-state index contributed by atoms with van der Waals surface area (Å²) >= 11 is 0. The zero-order chi connectivity index (χ0) is 14.5. The first-order valence-corrected chi connectivity index (χ1v) is 6.82. The minimum atomic E-state index is -0.0833. The lowest BCUT2D eigenvalue weighted by Gasteiger charge is -2.10. The monoisotopic (exact) mass is 268 g/mol. The molecule has 0 saturated heterocycles. The highest BCUT2D eigenvalue weighted by atomic mass is 16.1. The first kappa shape index (κ1) is 14.1. The van der Waals surface area contributed by atoms with Crippen LogP contribution in [0.5, 0.6) is 0 Å². The number of hydrogen-bond donors (Lipinski definition) is 2. The summed E-state index contributed by atoms with van der Waals surface area (Å²) in [5, 5.41) is 6.17. The van der Waals surface area contributed by atoms with Gasteiger partial charge in [-0.15, -0.1) is 0 Å². The molecule has 0 bridgehead atoms. The summed E-state index contributed by atoms with van der Waals surface area (Å²) in [4.78, 5) is 12.2. The summed E-state index contributed by atoms with van der Waals surface area (Å²) in [5.41, 5.74) is 4.80. The highest BCUT2D eigenvalue weighted by Gasteiger charge is 2.07. The lowest BCUT2D eigenvalue weighted by molar-refractivity contribution is 0.102. The molecule has 0 spiro atoms. The van der Waals surface area contributed by atoms with E-state index in [2.05, 4.69) is 17.6 Å². The molecule has 20 heavy (non-hydrogen) atoms. The first-order chi connectivity index (χ1) is 9.60. The number of rotatable bonds is 4. The molecule has 2 aromatic carbocycles. The second-order valence-electron chi connectivity index (χ2n) is 4.88. The molecule has 2 rings (SSSR count). The topological polar surface area (TPSA) is 41.1 Å². The van der Waals surface area contributed by atoms with Gasteiger partial charge in [-0.05, 0) is 56.7 Å². The van der Waals surface area contributed by atoms with Gasteiger partial charge in [0.05, 0.1) is 0 Å². The summed E-state index contributed by atoms with van der Waals surface area (Å²) in [7, 11) is 0. The molecule has 3 nitrogen and oxygen atoms in total. The Morgan fingerprint density at radius 3 is 2.35 bits per heavy atom. The Hall–Kier alpha value is -2.29. The van der Waals surface area contributed by atoms with Crippen LogP contribution in [0.4, 0.5) is 11.4 Å². The number of carbonyl (C=O) groups excluding carboxylic acids is 1. The Morgan fingerprint density at radius 1 is 1.05 bits per heavy atom. The lowest BCUT2D eigenvalue weighted by Crippen LogP contribution is -2.12. The minimum Gasteiger partial charge on any atom is -0.385 e. The van der Waals surface area contributed by atoms with Crippen molar-refractivity contribution in [3.8, 4) is 0 Å². The van der Waals surface area contributed by atoms with Gasteiger partial charge in [-0.1, -0.05) is 17.7 Å². The number of carbonyl (C=O) groups is 1. The van der Waals surface area contributed by atoms with Crippen LogP contribution in [-0.4, -0.2) is 12.5 Å². The number of amides is 1. The lowest BCUT2D eigenvalue weighted by atomic mass is 10.1. The van der Waals surface area contributed by atoms with E-state index in [4.69, 9.17) is 0 Å². The van der Waals surface area contributed by atoms with E-state index in [1.807, 2.05) is 56.3 Å². The number of nitrogens with one attached hydrogen (secondary N) is 2. The second-order valence-corrected chi connectivity index (χ2v) is 4.88. The predicted octanol–water partition coefficient (Wildman–Crippen LogP) is 3.99. The maximum absolute atomic E-state index is 12.2. The van der Waals surface area contributed by atoms with Crippen molar-refractivity contribution < 1.29 is 4.79 Å². The Balaban J connectivity index is 2.13. The fourth-order valence-corrected chi connectivity index (χ4v) is 2.03. The van der Waals surface area contributed by atoms with Crippen molar-refractivity contribution in [2.45, 2.75) is 20.8 Å². The van der Waals surface area contributed by atoms with Gasteiger partial charge in [0.2, 0.25) is 0 Å². The smallest absolute Gasteiger partial charge is 0.255 e. The number of aryl methyl sites for hydroxylation is 2. The molecule has 1 amide bonds. The fourth-order valence-electron chi connectivity index (χ4n) is 2.03. The maximum Gasteiger partial charge on any atom is 0.255 e. The van der Waals surface area contributed by atoms with E-state index in [9.17, 15) is 4.79 Å². The highest BCUT2D eigenvalue weighted by molar-refractivity contribution is 6.04. The Morgan fingerprint density at radius 2 is 1.75 bits per heavy atom. The van der Waals surface area contributed by atoms with E-state index in [-0.39, 0.29) is 5.91 Å². The highest BCUT2D eigenvalue weighted by Crippen LogP contribution is 2.17. The van der Waals surface area contributed by atoms with E-state index in [1.165, 1.54) is 5.56 Å². The molecule has 0 radical (unpaired) electrons. The molecule has 0 aliphatic heterocycles. The van der Waals surface area contributed by atoms with Crippen LogP contribution in [0.3, 0.4) is 0 Å². The molecule has 0 heterocycles. The van der Waals surface area contributed by atoms with Gasteiger partial charge in [-0.25, -0.2) is 0 Å². The third-order valence-electron chi connectivity index (χ3n) is 3.17. The number of benzene rings is 2. The maximum atomic E-state index is 12.2. The van der Waals surface area contributed by atoms with Gasteiger partial charge in [-0.3, -0.25) is 4.79 Å². The molecular formula is C17H20N2O. The fraction of sp³-hybridized carbons (Fsp3) is 0.235. The van der Waals surface area contributed by atoms with Crippen molar-refractivity contribution in [2.75, 3.05) is 17.2 Å². The molecule has 0 saturated carbocycles. The van der Waals surface area contributed by atoms with Crippen LogP contribution in [0.15, 0.2) is 42.5 Å². The van der Waals surface area contributed by atoms with Crippen molar-refractivity contribution in [2.24, 2.45) is 0 Å². The summed E-state index contributed by atoms with van der Waals surface area (Å²) in [6.45, 7) is 6.95. The van der Waals surface area contributed by atoms with E-state index in [0.717, 1.165) is 23.5 Å². The largest absolute Gasteiger partial charge is 0.385 e. The van der Waals surface area contributed by atoms with Gasteiger partial charge in [0, 0.05) is 23.5 Å².